The van der Waals surface area contributed by atoms with E-state index in [9.17, 15) is 14.9 Å². The topological polar surface area (TPSA) is 111 Å². The highest BCUT2D eigenvalue weighted by atomic mass is 16.6. The molecule has 7 nitrogen and oxygen atoms in total. The normalized spacial score (nSPS) is 13.2. The minimum atomic E-state index is -0.737. The fraction of sp³-hybridized carbons (Fsp3) is 0.778. The summed E-state index contributed by atoms with van der Waals surface area (Å²) in [4.78, 5) is 20.7. The fourth-order valence-corrected chi connectivity index (χ4v) is 1.27. The van der Waals surface area contributed by atoms with Crippen molar-refractivity contribution in [2.75, 3.05) is 0 Å². The zero-order chi connectivity index (χ0) is 12.6. The number of carbonyl (C=O) groups is 1. The largest absolute Gasteiger partial charge is 0.350 e. The summed E-state index contributed by atoms with van der Waals surface area (Å²) in [6, 6.07) is -1.28. The van der Waals surface area contributed by atoms with Crippen molar-refractivity contribution >= 4 is 11.7 Å². The van der Waals surface area contributed by atoms with Gasteiger partial charge in [0, 0.05) is 23.5 Å². The molecule has 0 saturated heterocycles. The van der Waals surface area contributed by atoms with Crippen LogP contribution in [0.4, 0.5) is 4.79 Å². The van der Waals surface area contributed by atoms with Crippen LogP contribution in [-0.2, 0) is 0 Å². The van der Waals surface area contributed by atoms with Crippen LogP contribution in [0.25, 0.3) is 0 Å². The Morgan fingerprint density at radius 2 is 2.19 bits per heavy atom. The highest BCUT2D eigenvalue weighted by molar-refractivity contribution is 5.83. The zero-order valence-corrected chi connectivity index (χ0v) is 9.60. The van der Waals surface area contributed by atoms with Crippen molar-refractivity contribution < 1.29 is 9.72 Å². The summed E-state index contributed by atoms with van der Waals surface area (Å²) in [6.45, 7) is 3.60. The Morgan fingerprint density at radius 3 is 2.62 bits per heavy atom. The molecule has 0 aliphatic carbocycles. The summed E-state index contributed by atoms with van der Waals surface area (Å²) in [5.74, 6) is 0. The van der Waals surface area contributed by atoms with E-state index in [1.54, 1.807) is 6.92 Å². The van der Waals surface area contributed by atoms with E-state index < -0.39 is 12.1 Å². The summed E-state index contributed by atoms with van der Waals surface area (Å²) >= 11 is 0. The number of hydrogen-bond donors (Lipinski definition) is 2. The number of nitrogens with two attached hydrogens (primary N) is 1. The van der Waals surface area contributed by atoms with E-state index in [-0.39, 0.29) is 4.92 Å². The van der Waals surface area contributed by atoms with Gasteiger partial charge in [0.2, 0.25) is 6.04 Å². The van der Waals surface area contributed by atoms with E-state index in [0.717, 1.165) is 6.42 Å². The number of primary amides is 1. The summed E-state index contributed by atoms with van der Waals surface area (Å²) in [6.07, 6.45) is 2.24. The van der Waals surface area contributed by atoms with E-state index in [1.807, 2.05) is 6.92 Å². The lowest BCUT2D eigenvalue weighted by molar-refractivity contribution is -0.524. The van der Waals surface area contributed by atoms with Crippen LogP contribution in [0.3, 0.4) is 0 Å². The molecule has 0 aromatic heterocycles. The molecule has 0 aliphatic rings. The first-order valence-corrected chi connectivity index (χ1v) is 5.19. The number of hydrazone groups is 1. The average Bonchev–Trinajstić information content (AvgIpc) is 2.20. The molecule has 0 fully saturated rings. The number of urea groups is 1. The quantitative estimate of drug-likeness (QED) is 0.390. The van der Waals surface area contributed by atoms with Crippen LogP contribution in [0.1, 0.15) is 39.5 Å². The number of carbonyl (C=O) groups excluding carboxylic acids is 1. The van der Waals surface area contributed by atoms with Crippen LogP contribution < -0.4 is 11.2 Å². The number of nitro groups is 1. The van der Waals surface area contributed by atoms with Crippen LogP contribution in [-0.4, -0.2) is 22.7 Å². The molecule has 0 aromatic carbocycles. The minimum absolute atomic E-state index is 0.266. The second-order valence-electron chi connectivity index (χ2n) is 3.59. The van der Waals surface area contributed by atoms with Gasteiger partial charge in [-0.05, 0) is 19.8 Å². The van der Waals surface area contributed by atoms with Gasteiger partial charge in [-0.25, -0.2) is 10.2 Å². The Kier molecular flexibility index (Phi) is 6.82. The second kappa shape index (κ2) is 7.61. The average molecular weight is 230 g/mol. The summed E-state index contributed by atoms with van der Waals surface area (Å²) in [5, 5.41) is 14.3. The highest BCUT2D eigenvalue weighted by Crippen LogP contribution is 2.09. The smallest absolute Gasteiger partial charge is 0.332 e. The van der Waals surface area contributed by atoms with Crippen molar-refractivity contribution in [3.63, 3.8) is 0 Å². The van der Waals surface area contributed by atoms with Gasteiger partial charge in [-0.3, -0.25) is 10.1 Å². The molecule has 16 heavy (non-hydrogen) atoms. The minimum Gasteiger partial charge on any atom is -0.350 e. The molecule has 0 unspecified atom stereocenters. The summed E-state index contributed by atoms with van der Waals surface area (Å²) in [7, 11) is 0. The monoisotopic (exact) mass is 230 g/mol. The molecule has 3 N–H and O–H groups in total. The molecule has 0 bridgehead atoms. The predicted octanol–water partition coefficient (Wildman–Crippen LogP) is 1.26. The van der Waals surface area contributed by atoms with E-state index in [0.29, 0.717) is 25.0 Å². The van der Waals surface area contributed by atoms with Crippen LogP contribution in [0, 0.1) is 10.1 Å². The standard InChI is InChI=1S/C9H18N4O3/c1-3-4-8(13(15)16)6-5-7(2)11-12-9(10)14/h8H,3-6H2,1-2H3,(H3,10,12,14)/b11-7+/t8-/m1/s1. The van der Waals surface area contributed by atoms with E-state index in [2.05, 4.69) is 10.5 Å². The van der Waals surface area contributed by atoms with Crippen LogP contribution in [0.2, 0.25) is 0 Å². The third-order valence-corrected chi connectivity index (χ3v) is 2.12. The van der Waals surface area contributed by atoms with Gasteiger partial charge in [0.05, 0.1) is 0 Å². The van der Waals surface area contributed by atoms with E-state index in [4.69, 9.17) is 5.73 Å². The molecule has 0 aliphatic heterocycles. The number of nitrogens with zero attached hydrogens (tertiary/aromatic N) is 2. The van der Waals surface area contributed by atoms with Crippen molar-refractivity contribution in [3.05, 3.63) is 10.1 Å². The van der Waals surface area contributed by atoms with Crippen molar-refractivity contribution in [1.29, 1.82) is 0 Å². The van der Waals surface area contributed by atoms with Crippen LogP contribution >= 0.6 is 0 Å². The first-order chi connectivity index (χ1) is 7.47. The van der Waals surface area contributed by atoms with Crippen molar-refractivity contribution in [3.8, 4) is 0 Å². The van der Waals surface area contributed by atoms with E-state index in [1.165, 1.54) is 0 Å². The Hall–Kier alpha value is -1.66. The first kappa shape index (κ1) is 14.3. The third-order valence-electron chi connectivity index (χ3n) is 2.12. The molecule has 0 spiro atoms. The van der Waals surface area contributed by atoms with Crippen molar-refractivity contribution in [2.24, 2.45) is 10.8 Å². The molecule has 1 atom stereocenters. The maximum atomic E-state index is 10.6. The molecular weight excluding hydrogens is 212 g/mol. The molecule has 0 saturated carbocycles. The van der Waals surface area contributed by atoms with E-state index >= 15 is 0 Å². The molecule has 2 amide bonds. The van der Waals surface area contributed by atoms with Crippen LogP contribution in [0.5, 0.6) is 0 Å². The lowest BCUT2D eigenvalue weighted by Gasteiger charge is -2.07. The Morgan fingerprint density at radius 1 is 1.56 bits per heavy atom. The number of amides is 2. The maximum absolute atomic E-state index is 10.6. The summed E-state index contributed by atoms with van der Waals surface area (Å²) < 4.78 is 0. The van der Waals surface area contributed by atoms with Gasteiger partial charge in [-0.1, -0.05) is 6.92 Å². The maximum Gasteiger partial charge on any atom is 0.332 e. The molecule has 0 radical (unpaired) electrons. The molecule has 92 valence electrons. The Bertz CT molecular complexity index is 278. The Labute approximate surface area is 94.2 Å². The molecule has 0 rings (SSSR count). The van der Waals surface area contributed by atoms with Crippen molar-refractivity contribution in [1.82, 2.24) is 5.43 Å². The Balaban J connectivity index is 4.04. The summed E-state index contributed by atoms with van der Waals surface area (Å²) in [5.41, 5.74) is 7.54. The van der Waals surface area contributed by atoms with Gasteiger partial charge in [0.25, 0.3) is 0 Å². The van der Waals surface area contributed by atoms with Gasteiger partial charge in [0.1, 0.15) is 0 Å². The predicted molar refractivity (Wildman–Crippen MR) is 60.8 cm³/mol. The molecular formula is C9H18N4O3. The molecule has 7 heteroatoms. The van der Waals surface area contributed by atoms with Crippen LogP contribution in [0.15, 0.2) is 5.10 Å². The molecule has 0 aromatic rings. The van der Waals surface area contributed by atoms with Crippen molar-refractivity contribution in [2.45, 2.75) is 45.6 Å². The fourth-order valence-electron chi connectivity index (χ4n) is 1.27. The second-order valence-corrected chi connectivity index (χ2v) is 3.59. The van der Waals surface area contributed by atoms with Gasteiger partial charge < -0.3 is 5.73 Å². The SMILES string of the molecule is CCC[C@H](CC/C(C)=N/NC(N)=O)[N+](=O)[O-]. The zero-order valence-electron chi connectivity index (χ0n) is 9.60. The molecule has 0 heterocycles. The lowest BCUT2D eigenvalue weighted by Crippen LogP contribution is -2.26. The first-order valence-electron chi connectivity index (χ1n) is 5.19. The van der Waals surface area contributed by atoms with Gasteiger partial charge in [-0.15, -0.1) is 0 Å². The highest BCUT2D eigenvalue weighted by Gasteiger charge is 2.18. The van der Waals surface area contributed by atoms with Gasteiger partial charge >= 0.3 is 6.03 Å². The van der Waals surface area contributed by atoms with Gasteiger partial charge in [-0.2, -0.15) is 5.10 Å². The number of nitrogens with one attached hydrogen (secondary N) is 1. The van der Waals surface area contributed by atoms with Gasteiger partial charge in [0.15, 0.2) is 0 Å². The lowest BCUT2D eigenvalue weighted by atomic mass is 10.1. The number of rotatable bonds is 7. The third kappa shape index (κ3) is 6.74. The number of hydrogen-bond acceptors (Lipinski definition) is 4.